The maximum atomic E-state index is 10.9. The summed E-state index contributed by atoms with van der Waals surface area (Å²) in [5.41, 5.74) is 5.20. The van der Waals surface area contributed by atoms with Gasteiger partial charge in [-0.25, -0.2) is 0 Å². The SMILES string of the molecule is CCC(C(N)=O)N(C)CCOC. The van der Waals surface area contributed by atoms with E-state index in [1.807, 2.05) is 18.9 Å². The first-order valence-corrected chi connectivity index (χ1v) is 4.12. The number of rotatable bonds is 6. The van der Waals surface area contributed by atoms with E-state index in [1.165, 1.54) is 0 Å². The Hall–Kier alpha value is -0.610. The van der Waals surface area contributed by atoms with E-state index in [0.717, 1.165) is 13.0 Å². The van der Waals surface area contributed by atoms with Crippen LogP contribution >= 0.6 is 0 Å². The van der Waals surface area contributed by atoms with Crippen LogP contribution in [0.4, 0.5) is 0 Å². The van der Waals surface area contributed by atoms with E-state index < -0.39 is 0 Å². The van der Waals surface area contributed by atoms with Gasteiger partial charge in [0.05, 0.1) is 12.6 Å². The summed E-state index contributed by atoms with van der Waals surface area (Å²) in [6.07, 6.45) is 0.746. The van der Waals surface area contributed by atoms with Gasteiger partial charge in [0.1, 0.15) is 0 Å². The Labute approximate surface area is 73.7 Å². The molecule has 72 valence electrons. The number of carbonyl (C=O) groups excluding carboxylic acids is 1. The quantitative estimate of drug-likeness (QED) is 0.608. The number of hydrogen-bond donors (Lipinski definition) is 1. The Morgan fingerprint density at radius 2 is 2.25 bits per heavy atom. The van der Waals surface area contributed by atoms with E-state index >= 15 is 0 Å². The summed E-state index contributed by atoms with van der Waals surface area (Å²) in [5, 5.41) is 0. The molecule has 2 N–H and O–H groups in total. The number of nitrogens with two attached hydrogens (primary N) is 1. The minimum absolute atomic E-state index is 0.167. The molecule has 4 nitrogen and oxygen atoms in total. The predicted molar refractivity (Wildman–Crippen MR) is 47.8 cm³/mol. The molecule has 0 aliphatic rings. The molecule has 0 saturated heterocycles. The standard InChI is InChI=1S/C8H18N2O2/c1-4-7(8(9)11)10(2)5-6-12-3/h7H,4-6H2,1-3H3,(H2,9,11). The van der Waals surface area contributed by atoms with Crippen LogP contribution in [0.15, 0.2) is 0 Å². The number of ether oxygens (including phenoxy) is 1. The third-order valence-corrected chi connectivity index (χ3v) is 1.90. The molecule has 1 atom stereocenters. The van der Waals surface area contributed by atoms with Gasteiger partial charge in [-0.1, -0.05) is 6.92 Å². The van der Waals surface area contributed by atoms with Crippen molar-refractivity contribution in [2.75, 3.05) is 27.3 Å². The van der Waals surface area contributed by atoms with Crippen LogP contribution in [0.2, 0.25) is 0 Å². The molecule has 0 aliphatic carbocycles. The highest BCUT2D eigenvalue weighted by Crippen LogP contribution is 1.99. The predicted octanol–water partition coefficient (Wildman–Crippen LogP) is -0.171. The molecule has 0 aromatic carbocycles. The van der Waals surface area contributed by atoms with Crippen LogP contribution in [0.25, 0.3) is 0 Å². The molecular weight excluding hydrogens is 156 g/mol. The zero-order valence-corrected chi connectivity index (χ0v) is 8.04. The second kappa shape index (κ2) is 5.97. The molecule has 0 bridgehead atoms. The zero-order chi connectivity index (χ0) is 9.56. The van der Waals surface area contributed by atoms with Gasteiger partial charge < -0.3 is 10.5 Å². The van der Waals surface area contributed by atoms with Gasteiger partial charge in [-0.2, -0.15) is 0 Å². The molecule has 0 spiro atoms. The normalized spacial score (nSPS) is 13.3. The average molecular weight is 174 g/mol. The van der Waals surface area contributed by atoms with Gasteiger partial charge in [-0.15, -0.1) is 0 Å². The summed E-state index contributed by atoms with van der Waals surface area (Å²) in [4.78, 5) is 12.8. The highest BCUT2D eigenvalue weighted by atomic mass is 16.5. The zero-order valence-electron chi connectivity index (χ0n) is 8.04. The molecule has 4 heteroatoms. The van der Waals surface area contributed by atoms with E-state index in [0.29, 0.717) is 6.61 Å². The summed E-state index contributed by atoms with van der Waals surface area (Å²) < 4.78 is 4.89. The van der Waals surface area contributed by atoms with Crippen LogP contribution in [-0.2, 0) is 9.53 Å². The summed E-state index contributed by atoms with van der Waals surface area (Å²) in [5.74, 6) is -0.267. The van der Waals surface area contributed by atoms with Crippen LogP contribution in [0.1, 0.15) is 13.3 Å². The number of methoxy groups -OCH3 is 1. The van der Waals surface area contributed by atoms with E-state index in [1.54, 1.807) is 7.11 Å². The summed E-state index contributed by atoms with van der Waals surface area (Å²) in [7, 11) is 3.51. The number of carbonyl (C=O) groups is 1. The van der Waals surface area contributed by atoms with Crippen molar-refractivity contribution < 1.29 is 9.53 Å². The minimum Gasteiger partial charge on any atom is -0.383 e. The monoisotopic (exact) mass is 174 g/mol. The third-order valence-electron chi connectivity index (χ3n) is 1.90. The number of hydrogen-bond acceptors (Lipinski definition) is 3. The van der Waals surface area contributed by atoms with Crippen molar-refractivity contribution in [3.63, 3.8) is 0 Å². The van der Waals surface area contributed by atoms with Gasteiger partial charge in [-0.05, 0) is 13.5 Å². The Morgan fingerprint density at radius 3 is 2.58 bits per heavy atom. The van der Waals surface area contributed by atoms with E-state index in [-0.39, 0.29) is 11.9 Å². The number of primary amides is 1. The van der Waals surface area contributed by atoms with Gasteiger partial charge in [0.2, 0.25) is 5.91 Å². The van der Waals surface area contributed by atoms with Crippen LogP contribution in [0.3, 0.4) is 0 Å². The molecule has 12 heavy (non-hydrogen) atoms. The smallest absolute Gasteiger partial charge is 0.234 e. The molecule has 0 aliphatic heterocycles. The van der Waals surface area contributed by atoms with Crippen LogP contribution in [0, 0.1) is 0 Å². The maximum absolute atomic E-state index is 10.9. The molecule has 1 amide bonds. The first kappa shape index (κ1) is 11.4. The van der Waals surface area contributed by atoms with Gasteiger partial charge in [0, 0.05) is 13.7 Å². The highest BCUT2D eigenvalue weighted by Gasteiger charge is 2.17. The topological polar surface area (TPSA) is 55.6 Å². The second-order valence-corrected chi connectivity index (χ2v) is 2.80. The van der Waals surface area contributed by atoms with E-state index in [4.69, 9.17) is 10.5 Å². The lowest BCUT2D eigenvalue weighted by Gasteiger charge is -2.23. The molecule has 1 unspecified atom stereocenters. The molecule has 0 aromatic rings. The number of likely N-dealkylation sites (N-methyl/N-ethyl adjacent to an activating group) is 1. The molecule has 0 saturated carbocycles. The van der Waals surface area contributed by atoms with Crippen molar-refractivity contribution in [1.29, 1.82) is 0 Å². The molecule has 0 radical (unpaired) electrons. The molecule has 0 heterocycles. The van der Waals surface area contributed by atoms with Crippen molar-refractivity contribution in [1.82, 2.24) is 4.90 Å². The fourth-order valence-electron chi connectivity index (χ4n) is 1.12. The molecule has 0 fully saturated rings. The van der Waals surface area contributed by atoms with Crippen LogP contribution in [0.5, 0.6) is 0 Å². The van der Waals surface area contributed by atoms with Crippen molar-refractivity contribution >= 4 is 5.91 Å². The number of amides is 1. The number of nitrogens with zero attached hydrogens (tertiary/aromatic N) is 1. The molecule has 0 aromatic heterocycles. The van der Waals surface area contributed by atoms with Gasteiger partial charge >= 0.3 is 0 Å². The molecular formula is C8H18N2O2. The lowest BCUT2D eigenvalue weighted by Crippen LogP contribution is -2.43. The van der Waals surface area contributed by atoms with Crippen LogP contribution in [-0.4, -0.2) is 44.2 Å². The van der Waals surface area contributed by atoms with Gasteiger partial charge in [0.25, 0.3) is 0 Å². The van der Waals surface area contributed by atoms with Crippen molar-refractivity contribution in [3.8, 4) is 0 Å². The Kier molecular flexibility index (Phi) is 5.66. The fourth-order valence-corrected chi connectivity index (χ4v) is 1.12. The lowest BCUT2D eigenvalue weighted by atomic mass is 10.2. The molecule has 0 rings (SSSR count). The lowest BCUT2D eigenvalue weighted by molar-refractivity contribution is -0.123. The largest absolute Gasteiger partial charge is 0.383 e. The Bertz CT molecular complexity index is 139. The first-order valence-electron chi connectivity index (χ1n) is 4.12. The van der Waals surface area contributed by atoms with Gasteiger partial charge in [-0.3, -0.25) is 9.69 Å². The first-order chi connectivity index (χ1) is 5.63. The van der Waals surface area contributed by atoms with Crippen molar-refractivity contribution in [3.05, 3.63) is 0 Å². The minimum atomic E-state index is -0.267. The highest BCUT2D eigenvalue weighted by molar-refractivity contribution is 5.79. The summed E-state index contributed by atoms with van der Waals surface area (Å²) >= 11 is 0. The maximum Gasteiger partial charge on any atom is 0.234 e. The summed E-state index contributed by atoms with van der Waals surface area (Å²) in [6, 6.07) is -0.167. The van der Waals surface area contributed by atoms with Gasteiger partial charge in [0.15, 0.2) is 0 Å². The Balaban J connectivity index is 3.85. The Morgan fingerprint density at radius 1 is 1.67 bits per heavy atom. The second-order valence-electron chi connectivity index (χ2n) is 2.80. The average Bonchev–Trinajstić information content (AvgIpc) is 2.01. The fraction of sp³-hybridized carbons (Fsp3) is 0.875. The van der Waals surface area contributed by atoms with E-state index in [2.05, 4.69) is 0 Å². The summed E-state index contributed by atoms with van der Waals surface area (Å²) in [6.45, 7) is 3.30. The van der Waals surface area contributed by atoms with Crippen LogP contribution < -0.4 is 5.73 Å². The third kappa shape index (κ3) is 3.69. The van der Waals surface area contributed by atoms with Crippen molar-refractivity contribution in [2.24, 2.45) is 5.73 Å². The van der Waals surface area contributed by atoms with Crippen molar-refractivity contribution in [2.45, 2.75) is 19.4 Å². The van der Waals surface area contributed by atoms with E-state index in [9.17, 15) is 4.79 Å².